The number of carboxylic acids is 1. The van der Waals surface area contributed by atoms with E-state index < -0.39 is 23.9 Å². The van der Waals surface area contributed by atoms with Crippen LogP contribution in [0.5, 0.6) is 0 Å². The topological polar surface area (TPSA) is 150 Å². The summed E-state index contributed by atoms with van der Waals surface area (Å²) >= 11 is 0. The Hall–Kier alpha value is -2.78. The molecular formula is C18H32O10. The maximum Gasteiger partial charge on any atom is 0.314 e. The smallest absolute Gasteiger partial charge is 0.314 e. The van der Waals surface area contributed by atoms with Crippen LogP contribution in [0, 0.1) is 0 Å². The lowest BCUT2D eigenvalue weighted by Gasteiger charge is -1.93. The van der Waals surface area contributed by atoms with E-state index in [9.17, 15) is 28.8 Å². The van der Waals surface area contributed by atoms with Gasteiger partial charge in [0.05, 0.1) is 46.3 Å². The molecule has 0 aromatic rings. The average molecular weight is 408 g/mol. The number of hydrogen-bond acceptors (Lipinski definition) is 9. The van der Waals surface area contributed by atoms with Crippen LogP contribution in [0.25, 0.3) is 0 Å². The van der Waals surface area contributed by atoms with Crippen molar-refractivity contribution in [3.05, 3.63) is 0 Å². The number of ketones is 1. The Labute approximate surface area is 165 Å². The zero-order valence-electron chi connectivity index (χ0n) is 16.4. The van der Waals surface area contributed by atoms with Crippen molar-refractivity contribution in [1.82, 2.24) is 0 Å². The quantitative estimate of drug-likeness (QED) is 0.393. The van der Waals surface area contributed by atoms with Crippen molar-refractivity contribution in [2.75, 3.05) is 14.2 Å². The Morgan fingerprint density at radius 2 is 1.21 bits per heavy atom. The number of esters is 4. The van der Waals surface area contributed by atoms with Crippen LogP contribution in [0.1, 0.15) is 66.7 Å². The summed E-state index contributed by atoms with van der Waals surface area (Å²) in [6.07, 6.45) is 0.800. The van der Waals surface area contributed by atoms with Gasteiger partial charge in [0.15, 0.2) is 0 Å². The zero-order valence-corrected chi connectivity index (χ0v) is 16.4. The van der Waals surface area contributed by atoms with Gasteiger partial charge in [-0.1, -0.05) is 21.3 Å². The van der Waals surface area contributed by atoms with Gasteiger partial charge >= 0.3 is 29.8 Å². The minimum absolute atomic E-state index is 0. The molecule has 0 unspecified atom stereocenters. The number of cyclic esters (lactones) is 2. The van der Waals surface area contributed by atoms with Crippen molar-refractivity contribution < 1.29 is 48.1 Å². The Morgan fingerprint density at radius 1 is 0.857 bits per heavy atom. The molecule has 0 atom stereocenters. The lowest BCUT2D eigenvalue weighted by atomic mass is 10.2. The van der Waals surface area contributed by atoms with Crippen molar-refractivity contribution in [1.29, 1.82) is 0 Å². The second kappa shape index (κ2) is 22.3. The molecule has 1 aliphatic rings. The molecule has 0 amide bonds. The number of carbonyl (C=O) groups excluding carboxylic acids is 5. The number of rotatable bonds is 6. The van der Waals surface area contributed by atoms with Crippen LogP contribution in [-0.2, 0) is 43.0 Å². The molecule has 28 heavy (non-hydrogen) atoms. The summed E-state index contributed by atoms with van der Waals surface area (Å²) in [6.45, 7) is 5.45. The van der Waals surface area contributed by atoms with Gasteiger partial charge in [-0.15, -0.1) is 0 Å². The van der Waals surface area contributed by atoms with Gasteiger partial charge < -0.3 is 24.1 Å². The van der Waals surface area contributed by atoms with Gasteiger partial charge in [-0.3, -0.25) is 24.0 Å². The Morgan fingerprint density at radius 3 is 1.43 bits per heavy atom. The Balaban J connectivity index is -0.000000146. The Bertz CT molecular complexity index is 453. The summed E-state index contributed by atoms with van der Waals surface area (Å²) in [6, 6.07) is 0. The largest absolute Gasteiger partial charge is 0.481 e. The van der Waals surface area contributed by atoms with Gasteiger partial charge in [0.25, 0.3) is 0 Å². The molecule has 1 aliphatic heterocycles. The third-order valence-corrected chi connectivity index (χ3v) is 2.44. The van der Waals surface area contributed by atoms with E-state index in [2.05, 4.69) is 14.2 Å². The molecule has 1 N–H and O–H groups in total. The molecule has 0 spiro atoms. The summed E-state index contributed by atoms with van der Waals surface area (Å²) in [7, 11) is 2.53. The fourth-order valence-corrected chi connectivity index (χ4v) is 1.12. The lowest BCUT2D eigenvalue weighted by molar-refractivity contribution is -0.152. The van der Waals surface area contributed by atoms with Crippen molar-refractivity contribution in [2.24, 2.45) is 0 Å². The molecule has 1 rings (SSSR count). The fraction of sp³-hybridized carbons (Fsp3) is 0.667. The average Bonchev–Trinajstić information content (AvgIpc) is 3.02. The first-order valence-electron chi connectivity index (χ1n) is 8.20. The number of aliphatic carboxylic acids is 1. The summed E-state index contributed by atoms with van der Waals surface area (Å²) in [4.78, 5) is 60.7. The van der Waals surface area contributed by atoms with E-state index >= 15 is 0 Å². The molecule has 1 heterocycles. The monoisotopic (exact) mass is 408 g/mol. The highest BCUT2D eigenvalue weighted by Gasteiger charge is 2.19. The van der Waals surface area contributed by atoms with Crippen molar-refractivity contribution in [2.45, 2.75) is 66.7 Å². The maximum absolute atomic E-state index is 10.3. The molecule has 10 nitrogen and oxygen atoms in total. The second-order valence-corrected chi connectivity index (χ2v) is 4.59. The SMILES string of the molecule is C.CC.COC(=O)CCC(=O)O.COC(=O)CCC(C)=O.O=C1CCC(=O)O1. The predicted octanol–water partition coefficient (Wildman–Crippen LogP) is 2.07. The van der Waals surface area contributed by atoms with Crippen molar-refractivity contribution in [3.63, 3.8) is 0 Å². The van der Waals surface area contributed by atoms with Crippen molar-refractivity contribution >= 4 is 35.6 Å². The normalized spacial score (nSPS) is 10.8. The Kier molecular flexibility index (Phi) is 26.1. The second-order valence-electron chi connectivity index (χ2n) is 4.59. The van der Waals surface area contributed by atoms with Gasteiger partial charge in [0, 0.05) is 6.42 Å². The highest BCUT2D eigenvalue weighted by atomic mass is 16.6. The predicted molar refractivity (Wildman–Crippen MR) is 99.2 cm³/mol. The van der Waals surface area contributed by atoms with Gasteiger partial charge in [-0.05, 0) is 6.92 Å². The third-order valence-electron chi connectivity index (χ3n) is 2.44. The molecule has 0 radical (unpaired) electrons. The van der Waals surface area contributed by atoms with E-state index in [1.54, 1.807) is 0 Å². The number of Topliss-reactive ketones (excluding diaryl/α,β-unsaturated/α-hetero) is 1. The van der Waals surface area contributed by atoms with Crippen molar-refractivity contribution in [3.8, 4) is 0 Å². The molecule has 0 aromatic heterocycles. The summed E-state index contributed by atoms with van der Waals surface area (Å²) in [5.74, 6) is -2.58. The van der Waals surface area contributed by atoms with E-state index in [1.165, 1.54) is 21.1 Å². The van der Waals surface area contributed by atoms with Crippen LogP contribution in [0.15, 0.2) is 0 Å². The summed E-state index contributed by atoms with van der Waals surface area (Å²) in [5.41, 5.74) is 0. The standard InChI is InChI=1S/C6H10O3.C5H8O4.C4H4O3.C2H6.CH4/c1-5(7)3-4-6(8)9-2;1-9-5(8)3-2-4(6)7;5-3-1-2-4(6)7-3;1-2;/h3-4H2,1-2H3;2-3H2,1H3,(H,6,7);1-2H2;1-2H3;1H4. The number of hydrogen-bond donors (Lipinski definition) is 1. The minimum Gasteiger partial charge on any atom is -0.481 e. The first kappa shape index (κ1) is 32.9. The highest BCUT2D eigenvalue weighted by molar-refractivity contribution is 5.92. The van der Waals surface area contributed by atoms with E-state index in [0.717, 1.165) is 0 Å². The summed E-state index contributed by atoms with van der Waals surface area (Å²) < 4.78 is 12.6. The van der Waals surface area contributed by atoms with Crippen LogP contribution < -0.4 is 0 Å². The maximum atomic E-state index is 10.3. The molecule has 0 saturated carbocycles. The first-order chi connectivity index (χ1) is 12.6. The van der Waals surface area contributed by atoms with Crippen LogP contribution >= 0.6 is 0 Å². The molecule has 164 valence electrons. The fourth-order valence-electron chi connectivity index (χ4n) is 1.12. The lowest BCUT2D eigenvalue weighted by Crippen LogP contribution is -2.04. The molecule has 0 aliphatic carbocycles. The van der Waals surface area contributed by atoms with Gasteiger partial charge in [-0.25, -0.2) is 0 Å². The van der Waals surface area contributed by atoms with Crippen LogP contribution in [0.2, 0.25) is 0 Å². The van der Waals surface area contributed by atoms with E-state index in [0.29, 0.717) is 0 Å². The molecule has 1 fully saturated rings. The number of carbonyl (C=O) groups is 6. The van der Waals surface area contributed by atoms with Gasteiger partial charge in [0.2, 0.25) is 0 Å². The molecule has 0 bridgehead atoms. The van der Waals surface area contributed by atoms with Gasteiger partial charge in [-0.2, -0.15) is 0 Å². The van der Waals surface area contributed by atoms with E-state index in [-0.39, 0.29) is 57.7 Å². The minimum atomic E-state index is -0.986. The van der Waals surface area contributed by atoms with E-state index in [1.807, 2.05) is 13.8 Å². The molecule has 10 heteroatoms. The van der Waals surface area contributed by atoms with E-state index in [4.69, 9.17) is 5.11 Å². The third kappa shape index (κ3) is 28.0. The number of carboxylic acid groups (broad SMARTS) is 1. The molecular weight excluding hydrogens is 376 g/mol. The number of methoxy groups -OCH3 is 2. The summed E-state index contributed by atoms with van der Waals surface area (Å²) in [5, 5.41) is 8.05. The van der Waals surface area contributed by atoms with Gasteiger partial charge in [0.1, 0.15) is 5.78 Å². The van der Waals surface area contributed by atoms with Crippen LogP contribution in [0.3, 0.4) is 0 Å². The van der Waals surface area contributed by atoms with Crippen LogP contribution in [-0.4, -0.2) is 55.0 Å². The van der Waals surface area contributed by atoms with Crippen LogP contribution in [0.4, 0.5) is 0 Å². The highest BCUT2D eigenvalue weighted by Crippen LogP contribution is 2.03. The molecule has 1 saturated heterocycles. The zero-order chi connectivity index (χ0) is 21.8. The number of ether oxygens (including phenoxy) is 3. The first-order valence-corrected chi connectivity index (χ1v) is 8.20. The molecule has 0 aromatic carbocycles.